The first-order valence-electron chi connectivity index (χ1n) is 5.65. The van der Waals surface area contributed by atoms with E-state index in [-0.39, 0.29) is 18.3 Å². The summed E-state index contributed by atoms with van der Waals surface area (Å²) in [4.78, 5) is 12.7. The van der Waals surface area contributed by atoms with Gasteiger partial charge in [-0.2, -0.15) is 0 Å². The predicted octanol–water partition coefficient (Wildman–Crippen LogP) is 0.921. The van der Waals surface area contributed by atoms with E-state index in [1.807, 2.05) is 0 Å². The minimum absolute atomic E-state index is 0.0681. The van der Waals surface area contributed by atoms with Crippen LogP contribution in [0.15, 0.2) is 29.2 Å². The lowest BCUT2D eigenvalue weighted by Crippen LogP contribution is -2.34. The van der Waals surface area contributed by atoms with Crippen molar-refractivity contribution < 1.29 is 18.3 Å². The molecule has 0 fully saturated rings. The van der Waals surface area contributed by atoms with Crippen LogP contribution in [-0.4, -0.2) is 43.7 Å². The standard InChI is InChI=1S/C12H15NO4S/c1-13(8-12(14)15)10-6-7-18(16,17)11-5-3-2-4-9(10)11/h2-5,10H,6-8H2,1H3,(H,14,15). The molecule has 6 heteroatoms. The van der Waals surface area contributed by atoms with Crippen molar-refractivity contribution in [3.8, 4) is 0 Å². The molecule has 1 aliphatic heterocycles. The Morgan fingerprint density at radius 2 is 2.11 bits per heavy atom. The molecule has 0 aromatic heterocycles. The smallest absolute Gasteiger partial charge is 0.317 e. The summed E-state index contributed by atoms with van der Waals surface area (Å²) < 4.78 is 23.9. The van der Waals surface area contributed by atoms with E-state index < -0.39 is 15.8 Å². The molecule has 18 heavy (non-hydrogen) atoms. The molecular weight excluding hydrogens is 254 g/mol. The lowest BCUT2D eigenvalue weighted by atomic mass is 10.0. The van der Waals surface area contributed by atoms with E-state index in [0.29, 0.717) is 16.9 Å². The maximum Gasteiger partial charge on any atom is 0.317 e. The Kier molecular flexibility index (Phi) is 3.41. The van der Waals surface area contributed by atoms with Crippen LogP contribution in [0.25, 0.3) is 0 Å². The first-order chi connectivity index (χ1) is 8.42. The van der Waals surface area contributed by atoms with Gasteiger partial charge in [0.15, 0.2) is 9.84 Å². The SMILES string of the molecule is CN(CC(=O)O)C1CCS(=O)(=O)c2ccccc21. The van der Waals surface area contributed by atoms with Crippen LogP contribution in [0.4, 0.5) is 0 Å². The molecule has 0 bridgehead atoms. The van der Waals surface area contributed by atoms with Gasteiger partial charge in [-0.1, -0.05) is 18.2 Å². The number of carbonyl (C=O) groups is 1. The molecule has 1 atom stereocenters. The molecule has 0 saturated carbocycles. The van der Waals surface area contributed by atoms with Crippen molar-refractivity contribution in [1.29, 1.82) is 0 Å². The van der Waals surface area contributed by atoms with Crippen molar-refractivity contribution in [2.45, 2.75) is 17.4 Å². The molecule has 0 radical (unpaired) electrons. The van der Waals surface area contributed by atoms with Gasteiger partial charge >= 0.3 is 5.97 Å². The number of benzene rings is 1. The topological polar surface area (TPSA) is 74.7 Å². The third kappa shape index (κ3) is 2.39. The number of sulfone groups is 1. The van der Waals surface area contributed by atoms with Crippen LogP contribution in [0.5, 0.6) is 0 Å². The number of fused-ring (bicyclic) bond motifs is 1. The molecule has 1 aliphatic rings. The zero-order valence-corrected chi connectivity index (χ0v) is 10.9. The Morgan fingerprint density at radius 3 is 2.78 bits per heavy atom. The highest BCUT2D eigenvalue weighted by molar-refractivity contribution is 7.91. The highest BCUT2D eigenvalue weighted by Gasteiger charge is 2.32. The van der Waals surface area contributed by atoms with Gasteiger partial charge in [-0.15, -0.1) is 0 Å². The van der Waals surface area contributed by atoms with E-state index in [9.17, 15) is 13.2 Å². The predicted molar refractivity (Wildman–Crippen MR) is 66.1 cm³/mol. The van der Waals surface area contributed by atoms with Crippen LogP contribution >= 0.6 is 0 Å². The third-order valence-corrected chi connectivity index (χ3v) is 5.00. The summed E-state index contributed by atoms with van der Waals surface area (Å²) in [6, 6.07) is 6.67. The number of carboxylic acids is 1. The Bertz CT molecular complexity index is 567. The maximum absolute atomic E-state index is 11.9. The van der Waals surface area contributed by atoms with Gasteiger partial charge in [-0.25, -0.2) is 8.42 Å². The van der Waals surface area contributed by atoms with Gasteiger partial charge in [-0.3, -0.25) is 9.69 Å². The number of likely N-dealkylation sites (N-methyl/N-ethyl adjacent to an activating group) is 1. The van der Waals surface area contributed by atoms with Crippen molar-refractivity contribution in [2.75, 3.05) is 19.3 Å². The summed E-state index contributed by atoms with van der Waals surface area (Å²) in [5.41, 5.74) is 0.701. The van der Waals surface area contributed by atoms with Gasteiger partial charge in [0.25, 0.3) is 0 Å². The first-order valence-corrected chi connectivity index (χ1v) is 7.31. The minimum atomic E-state index is -3.21. The second kappa shape index (κ2) is 4.70. The van der Waals surface area contributed by atoms with Crippen molar-refractivity contribution in [3.05, 3.63) is 29.8 Å². The summed E-state index contributed by atoms with van der Waals surface area (Å²) in [7, 11) is -1.51. The highest BCUT2D eigenvalue weighted by atomic mass is 32.2. The number of rotatable bonds is 3. The molecule has 1 N–H and O–H groups in total. The second-order valence-electron chi connectivity index (χ2n) is 4.47. The van der Waals surface area contributed by atoms with Crippen LogP contribution in [0.2, 0.25) is 0 Å². The first kappa shape index (κ1) is 13.0. The van der Waals surface area contributed by atoms with Crippen LogP contribution in [-0.2, 0) is 14.6 Å². The highest BCUT2D eigenvalue weighted by Crippen LogP contribution is 2.34. The molecule has 0 spiro atoms. The lowest BCUT2D eigenvalue weighted by Gasteiger charge is -2.31. The van der Waals surface area contributed by atoms with Crippen LogP contribution < -0.4 is 0 Å². The molecule has 0 amide bonds. The molecule has 1 aromatic carbocycles. The summed E-state index contributed by atoms with van der Waals surface area (Å²) in [6.07, 6.45) is 0.434. The molecule has 98 valence electrons. The van der Waals surface area contributed by atoms with Crippen LogP contribution in [0.1, 0.15) is 18.0 Å². The monoisotopic (exact) mass is 269 g/mol. The van der Waals surface area contributed by atoms with E-state index >= 15 is 0 Å². The van der Waals surface area contributed by atoms with E-state index in [2.05, 4.69) is 0 Å². The van der Waals surface area contributed by atoms with Crippen molar-refractivity contribution in [2.24, 2.45) is 0 Å². The zero-order valence-electron chi connectivity index (χ0n) is 10.0. The average Bonchev–Trinajstić information content (AvgIpc) is 2.28. The van der Waals surface area contributed by atoms with E-state index in [1.54, 1.807) is 36.2 Å². The quantitative estimate of drug-likeness (QED) is 0.883. The molecule has 0 saturated heterocycles. The Labute approximate surface area is 106 Å². The molecule has 2 rings (SSSR count). The number of hydrogen-bond donors (Lipinski definition) is 1. The van der Waals surface area contributed by atoms with E-state index in [0.717, 1.165) is 0 Å². The average molecular weight is 269 g/mol. The fraction of sp³-hybridized carbons (Fsp3) is 0.417. The molecular formula is C12H15NO4S. The fourth-order valence-corrected chi connectivity index (χ4v) is 3.96. The maximum atomic E-state index is 11.9. The normalized spacial score (nSPS) is 21.6. The van der Waals surface area contributed by atoms with Gasteiger partial charge in [0.2, 0.25) is 0 Å². The van der Waals surface area contributed by atoms with Crippen molar-refractivity contribution in [3.63, 3.8) is 0 Å². The van der Waals surface area contributed by atoms with Crippen molar-refractivity contribution >= 4 is 15.8 Å². The van der Waals surface area contributed by atoms with Gasteiger partial charge in [0.1, 0.15) is 0 Å². The van der Waals surface area contributed by atoms with Gasteiger partial charge in [0.05, 0.1) is 17.2 Å². The minimum Gasteiger partial charge on any atom is -0.480 e. The number of aliphatic carboxylic acids is 1. The summed E-state index contributed by atoms with van der Waals surface area (Å²) in [5, 5.41) is 8.81. The molecule has 1 unspecified atom stereocenters. The largest absolute Gasteiger partial charge is 0.480 e. The Balaban J connectivity index is 2.40. The fourth-order valence-electron chi connectivity index (χ4n) is 2.35. The molecule has 5 nitrogen and oxygen atoms in total. The summed E-state index contributed by atoms with van der Waals surface area (Å²) in [6.45, 7) is -0.0982. The Morgan fingerprint density at radius 1 is 1.44 bits per heavy atom. The van der Waals surface area contributed by atoms with E-state index in [1.165, 1.54) is 0 Å². The van der Waals surface area contributed by atoms with E-state index in [4.69, 9.17) is 5.11 Å². The van der Waals surface area contributed by atoms with Gasteiger partial charge < -0.3 is 5.11 Å². The third-order valence-electron chi connectivity index (χ3n) is 3.19. The Hall–Kier alpha value is -1.40. The van der Waals surface area contributed by atoms with Crippen LogP contribution in [0.3, 0.4) is 0 Å². The lowest BCUT2D eigenvalue weighted by molar-refractivity contribution is -0.138. The molecule has 1 aromatic rings. The summed E-state index contributed by atoms with van der Waals surface area (Å²) >= 11 is 0. The van der Waals surface area contributed by atoms with Crippen molar-refractivity contribution in [1.82, 2.24) is 4.90 Å². The van der Waals surface area contributed by atoms with Gasteiger partial charge in [0, 0.05) is 6.04 Å². The second-order valence-corrected chi connectivity index (χ2v) is 6.55. The number of carboxylic acid groups (broad SMARTS) is 1. The zero-order chi connectivity index (χ0) is 13.3. The molecule has 0 aliphatic carbocycles. The number of nitrogens with zero attached hydrogens (tertiary/aromatic N) is 1. The van der Waals surface area contributed by atoms with Crippen LogP contribution in [0, 0.1) is 0 Å². The van der Waals surface area contributed by atoms with Gasteiger partial charge in [-0.05, 0) is 25.1 Å². The number of hydrogen-bond acceptors (Lipinski definition) is 4. The molecule has 1 heterocycles. The summed E-state index contributed by atoms with van der Waals surface area (Å²) in [5.74, 6) is -0.845.